The standard InChI is InChI=1S/C20H25Ge/c1-19(2,3)15-10-6-8-12-17(15)21-14-20(4,5)16-11-7-9-13-18(16)21/h6-13H,14H2,1-5H3. The predicted molar refractivity (Wildman–Crippen MR) is 94.4 cm³/mol. The summed E-state index contributed by atoms with van der Waals surface area (Å²) in [6.07, 6.45) is 0. The molecule has 0 aromatic heterocycles. The second-order valence-corrected chi connectivity index (χ2v) is 12.9. The van der Waals surface area contributed by atoms with Gasteiger partial charge in [0.05, 0.1) is 0 Å². The van der Waals surface area contributed by atoms with Crippen LogP contribution in [0.2, 0.25) is 5.25 Å². The van der Waals surface area contributed by atoms with Crippen LogP contribution >= 0.6 is 0 Å². The van der Waals surface area contributed by atoms with Crippen LogP contribution in [0.5, 0.6) is 0 Å². The Bertz CT molecular complexity index is 662. The predicted octanol–water partition coefficient (Wildman–Crippen LogP) is 3.88. The molecule has 0 atom stereocenters. The van der Waals surface area contributed by atoms with Gasteiger partial charge >= 0.3 is 134 Å². The SMILES string of the molecule is CC(C)(C)c1cccc[c]1[Ge]1[CH2]C(C)(C)c2cccc[c]21. The summed E-state index contributed by atoms with van der Waals surface area (Å²) in [5.74, 6) is 0. The first kappa shape index (κ1) is 14.9. The molecule has 0 fully saturated rings. The average molecular weight is 338 g/mol. The van der Waals surface area contributed by atoms with E-state index in [-0.39, 0.29) is 5.41 Å². The molecule has 21 heavy (non-hydrogen) atoms. The van der Waals surface area contributed by atoms with Crippen molar-refractivity contribution in [1.29, 1.82) is 0 Å². The molecule has 0 bridgehead atoms. The second kappa shape index (κ2) is 5.02. The van der Waals surface area contributed by atoms with Crippen molar-refractivity contribution in [2.24, 2.45) is 0 Å². The van der Waals surface area contributed by atoms with E-state index in [1.54, 1.807) is 19.9 Å². The maximum absolute atomic E-state index is 2.42. The molecule has 0 saturated carbocycles. The molecule has 2 aromatic rings. The molecule has 0 spiro atoms. The topological polar surface area (TPSA) is 0 Å². The zero-order valence-corrected chi connectivity index (χ0v) is 15.9. The van der Waals surface area contributed by atoms with Crippen LogP contribution in [0.15, 0.2) is 48.5 Å². The Morgan fingerprint density at radius 3 is 2.10 bits per heavy atom. The van der Waals surface area contributed by atoms with Crippen LogP contribution in [-0.4, -0.2) is 14.3 Å². The van der Waals surface area contributed by atoms with E-state index < -0.39 is 14.3 Å². The number of fused-ring (bicyclic) bond motifs is 1. The normalized spacial score (nSPS) is 17.8. The van der Waals surface area contributed by atoms with Gasteiger partial charge in [-0.15, -0.1) is 0 Å². The summed E-state index contributed by atoms with van der Waals surface area (Å²) in [5, 5.41) is 1.37. The van der Waals surface area contributed by atoms with Gasteiger partial charge in [0.25, 0.3) is 0 Å². The number of rotatable bonds is 1. The van der Waals surface area contributed by atoms with E-state index in [1.807, 2.05) is 0 Å². The summed E-state index contributed by atoms with van der Waals surface area (Å²) in [6, 6.07) is 18.4. The van der Waals surface area contributed by atoms with Crippen LogP contribution in [0.25, 0.3) is 0 Å². The van der Waals surface area contributed by atoms with E-state index in [0.29, 0.717) is 5.41 Å². The first-order valence-corrected chi connectivity index (χ1v) is 11.4. The Kier molecular flexibility index (Phi) is 3.56. The fourth-order valence-electron chi connectivity index (χ4n) is 3.61. The Morgan fingerprint density at radius 1 is 0.857 bits per heavy atom. The molecule has 1 aliphatic rings. The van der Waals surface area contributed by atoms with E-state index in [2.05, 4.69) is 83.1 Å². The van der Waals surface area contributed by atoms with Crippen LogP contribution < -0.4 is 8.79 Å². The minimum absolute atomic E-state index is 0.234. The summed E-state index contributed by atoms with van der Waals surface area (Å²) in [4.78, 5) is 0. The van der Waals surface area contributed by atoms with Crippen molar-refractivity contribution in [3.05, 3.63) is 59.7 Å². The van der Waals surface area contributed by atoms with Crippen molar-refractivity contribution in [2.75, 3.05) is 0 Å². The van der Waals surface area contributed by atoms with Crippen LogP contribution in [0, 0.1) is 0 Å². The molecule has 0 saturated heterocycles. The van der Waals surface area contributed by atoms with Crippen LogP contribution in [0.4, 0.5) is 0 Å². The molecule has 3 rings (SSSR count). The molecule has 1 radical (unpaired) electrons. The summed E-state index contributed by atoms with van der Waals surface area (Å²) < 4.78 is 3.38. The number of hydrogen-bond acceptors (Lipinski definition) is 0. The van der Waals surface area contributed by atoms with Crippen molar-refractivity contribution in [2.45, 2.75) is 50.7 Å². The summed E-state index contributed by atoms with van der Waals surface area (Å²) in [5.41, 5.74) is 3.74. The number of benzene rings is 2. The monoisotopic (exact) mass is 339 g/mol. The van der Waals surface area contributed by atoms with Crippen molar-refractivity contribution in [1.82, 2.24) is 0 Å². The molecule has 1 heterocycles. The van der Waals surface area contributed by atoms with Gasteiger partial charge in [-0.3, -0.25) is 0 Å². The molecule has 0 N–H and O–H groups in total. The Labute approximate surface area is 133 Å². The molecular formula is C20H25Ge. The van der Waals surface area contributed by atoms with Gasteiger partial charge in [0.1, 0.15) is 0 Å². The summed E-state index contributed by atoms with van der Waals surface area (Å²) in [7, 11) is 0. The van der Waals surface area contributed by atoms with Gasteiger partial charge in [0.15, 0.2) is 0 Å². The van der Waals surface area contributed by atoms with Crippen molar-refractivity contribution < 1.29 is 0 Å². The average Bonchev–Trinajstić information content (AvgIpc) is 2.71. The zero-order valence-electron chi connectivity index (χ0n) is 13.8. The van der Waals surface area contributed by atoms with Gasteiger partial charge in [0, 0.05) is 0 Å². The molecule has 0 nitrogen and oxygen atoms in total. The first-order valence-electron chi connectivity index (χ1n) is 7.86. The second-order valence-electron chi connectivity index (χ2n) is 7.88. The van der Waals surface area contributed by atoms with E-state index in [4.69, 9.17) is 0 Å². The van der Waals surface area contributed by atoms with E-state index in [0.717, 1.165) is 0 Å². The van der Waals surface area contributed by atoms with Gasteiger partial charge in [-0.25, -0.2) is 0 Å². The Balaban J connectivity index is 2.16. The fourth-order valence-corrected chi connectivity index (χ4v) is 11.7. The third-order valence-electron chi connectivity index (χ3n) is 4.66. The van der Waals surface area contributed by atoms with Crippen molar-refractivity contribution in [3.8, 4) is 0 Å². The van der Waals surface area contributed by atoms with Crippen LogP contribution in [0.1, 0.15) is 45.7 Å². The molecule has 109 valence electrons. The fraction of sp³-hybridized carbons (Fsp3) is 0.400. The van der Waals surface area contributed by atoms with Gasteiger partial charge < -0.3 is 0 Å². The molecule has 0 amide bonds. The van der Waals surface area contributed by atoms with E-state index >= 15 is 0 Å². The van der Waals surface area contributed by atoms with Crippen LogP contribution in [0.3, 0.4) is 0 Å². The molecule has 0 aliphatic carbocycles. The molecule has 0 unspecified atom stereocenters. The van der Waals surface area contributed by atoms with Crippen LogP contribution in [-0.2, 0) is 10.8 Å². The maximum atomic E-state index is 2.42. The van der Waals surface area contributed by atoms with Gasteiger partial charge in [0.2, 0.25) is 0 Å². The van der Waals surface area contributed by atoms with Crippen molar-refractivity contribution in [3.63, 3.8) is 0 Å². The Hall–Kier alpha value is -1.02. The van der Waals surface area contributed by atoms with Crippen molar-refractivity contribution >= 4 is 23.1 Å². The minimum atomic E-state index is -1.43. The first-order chi connectivity index (χ1) is 9.81. The molecule has 1 aliphatic heterocycles. The van der Waals surface area contributed by atoms with E-state index in [9.17, 15) is 0 Å². The Morgan fingerprint density at radius 2 is 1.43 bits per heavy atom. The number of hydrogen-bond donors (Lipinski definition) is 0. The van der Waals surface area contributed by atoms with E-state index in [1.165, 1.54) is 5.25 Å². The quantitative estimate of drug-likeness (QED) is 0.693. The third-order valence-corrected chi connectivity index (χ3v) is 11.8. The van der Waals surface area contributed by atoms with Gasteiger partial charge in [-0.05, 0) is 0 Å². The molecule has 1 heteroatoms. The third kappa shape index (κ3) is 2.59. The zero-order chi connectivity index (χ0) is 15.3. The summed E-state index contributed by atoms with van der Waals surface area (Å²) >= 11 is -1.43. The van der Waals surface area contributed by atoms with Gasteiger partial charge in [-0.2, -0.15) is 0 Å². The summed E-state index contributed by atoms with van der Waals surface area (Å²) in [6.45, 7) is 11.9. The van der Waals surface area contributed by atoms with Gasteiger partial charge in [-0.1, -0.05) is 0 Å². The molecular weight excluding hydrogens is 313 g/mol. The molecule has 2 aromatic carbocycles.